The van der Waals surface area contributed by atoms with Gasteiger partial charge in [0.2, 0.25) is 5.95 Å². The van der Waals surface area contributed by atoms with E-state index in [-0.39, 0.29) is 23.7 Å². The van der Waals surface area contributed by atoms with Crippen molar-refractivity contribution in [1.82, 2.24) is 25.0 Å². The minimum atomic E-state index is -1.22. The number of nitrogens with one attached hydrogen (secondary N) is 2. The fraction of sp³-hybridized carbons (Fsp3) is 0.267. The second-order valence-electron chi connectivity index (χ2n) is 10.3. The van der Waals surface area contributed by atoms with Gasteiger partial charge in [0.05, 0.1) is 6.54 Å². The van der Waals surface area contributed by atoms with Gasteiger partial charge in [0.15, 0.2) is 5.82 Å². The molecule has 8 nitrogen and oxygen atoms in total. The van der Waals surface area contributed by atoms with Crippen molar-refractivity contribution in [3.05, 3.63) is 102 Å². The molecule has 0 bridgehead atoms. The number of amides is 3. The van der Waals surface area contributed by atoms with Crippen molar-refractivity contribution in [1.29, 1.82) is 0 Å². The van der Waals surface area contributed by atoms with Gasteiger partial charge < -0.3 is 10.2 Å². The maximum Gasteiger partial charge on any atom is 0.318 e. The second kappa shape index (κ2) is 11.1. The lowest BCUT2D eigenvalue weighted by Gasteiger charge is -2.27. The minimum Gasteiger partial charge on any atom is -0.324 e. The van der Waals surface area contributed by atoms with Gasteiger partial charge in [-0.25, -0.2) is 13.9 Å². The number of hydrogen-bond acceptors (Lipinski definition) is 4. The first-order valence-electron chi connectivity index (χ1n) is 13.0. The highest BCUT2D eigenvalue weighted by molar-refractivity contribution is 5.98. The van der Waals surface area contributed by atoms with E-state index in [0.29, 0.717) is 31.0 Å². The molecule has 3 amide bonds. The molecule has 9 heteroatoms. The first-order chi connectivity index (χ1) is 18.8. The number of benzene rings is 3. The molecule has 200 valence electrons. The number of halogens is 1. The third-order valence-corrected chi connectivity index (χ3v) is 6.91. The van der Waals surface area contributed by atoms with E-state index in [2.05, 4.69) is 32.8 Å². The van der Waals surface area contributed by atoms with Gasteiger partial charge >= 0.3 is 6.03 Å². The summed E-state index contributed by atoms with van der Waals surface area (Å²) in [5.41, 5.74) is 1.65. The van der Waals surface area contributed by atoms with E-state index >= 15 is 0 Å². The Hall–Kier alpha value is -4.53. The zero-order chi connectivity index (χ0) is 27.4. The van der Waals surface area contributed by atoms with Crippen LogP contribution in [0.2, 0.25) is 0 Å². The summed E-state index contributed by atoms with van der Waals surface area (Å²) in [6, 6.07) is 25.5. The van der Waals surface area contributed by atoms with E-state index in [0.717, 1.165) is 12.0 Å². The summed E-state index contributed by atoms with van der Waals surface area (Å²) < 4.78 is 15.2. The molecule has 1 aliphatic heterocycles. The molecule has 0 saturated carbocycles. The highest BCUT2D eigenvalue weighted by Gasteiger charge is 2.35. The first-order valence-corrected chi connectivity index (χ1v) is 13.0. The minimum absolute atomic E-state index is 0.0999. The molecule has 2 heterocycles. The van der Waals surface area contributed by atoms with Gasteiger partial charge in [-0.3, -0.25) is 10.1 Å². The summed E-state index contributed by atoms with van der Waals surface area (Å²) in [4.78, 5) is 32.6. The molecular weight excluding hydrogens is 495 g/mol. The van der Waals surface area contributed by atoms with E-state index in [9.17, 15) is 14.0 Å². The Morgan fingerprint density at radius 3 is 2.33 bits per heavy atom. The fourth-order valence-corrected chi connectivity index (χ4v) is 4.68. The molecule has 0 radical (unpaired) electrons. The number of nitrogens with zero attached hydrogens (tertiary/aromatic N) is 4. The first kappa shape index (κ1) is 26.1. The van der Waals surface area contributed by atoms with Crippen LogP contribution in [0.3, 0.4) is 0 Å². The van der Waals surface area contributed by atoms with Crippen molar-refractivity contribution in [3.63, 3.8) is 0 Å². The highest BCUT2D eigenvalue weighted by atomic mass is 19.1. The summed E-state index contributed by atoms with van der Waals surface area (Å²) >= 11 is 0. The van der Waals surface area contributed by atoms with Crippen LogP contribution >= 0.6 is 0 Å². The van der Waals surface area contributed by atoms with Crippen molar-refractivity contribution >= 4 is 17.9 Å². The number of hydrogen-bond donors (Lipinski definition) is 2. The molecule has 0 unspecified atom stereocenters. The van der Waals surface area contributed by atoms with E-state index in [1.54, 1.807) is 35.6 Å². The molecule has 0 spiro atoms. The number of aromatic nitrogens is 3. The molecule has 1 aromatic heterocycles. The second-order valence-corrected chi connectivity index (χ2v) is 10.3. The summed E-state index contributed by atoms with van der Waals surface area (Å²) in [6.45, 7) is 4.92. The molecule has 1 atom stereocenters. The third-order valence-electron chi connectivity index (χ3n) is 6.91. The van der Waals surface area contributed by atoms with Crippen LogP contribution in [-0.2, 0) is 11.3 Å². The highest BCUT2D eigenvalue weighted by Crippen LogP contribution is 2.27. The molecule has 5 rings (SSSR count). The molecule has 1 aliphatic rings. The Balaban J connectivity index is 1.28. The van der Waals surface area contributed by atoms with Gasteiger partial charge in [-0.05, 0) is 55.7 Å². The van der Waals surface area contributed by atoms with Gasteiger partial charge in [0.1, 0.15) is 11.4 Å². The van der Waals surface area contributed by atoms with Crippen LogP contribution < -0.4 is 10.6 Å². The average molecular weight is 527 g/mol. The normalized spacial score (nSPS) is 15.3. The lowest BCUT2D eigenvalue weighted by molar-refractivity contribution is -0.121. The van der Waals surface area contributed by atoms with Crippen LogP contribution in [0.5, 0.6) is 0 Å². The van der Waals surface area contributed by atoms with Crippen molar-refractivity contribution in [2.75, 3.05) is 18.4 Å². The van der Waals surface area contributed by atoms with Crippen molar-refractivity contribution in [2.24, 2.45) is 0 Å². The van der Waals surface area contributed by atoms with E-state index in [1.165, 1.54) is 17.7 Å². The molecule has 4 aromatic rings. The summed E-state index contributed by atoms with van der Waals surface area (Å²) in [5, 5.41) is 10.1. The smallest absolute Gasteiger partial charge is 0.318 e. The van der Waals surface area contributed by atoms with Crippen LogP contribution in [0.4, 0.5) is 15.1 Å². The Morgan fingerprint density at radius 2 is 1.64 bits per heavy atom. The summed E-state index contributed by atoms with van der Waals surface area (Å²) in [6.07, 6.45) is 0.874. The molecule has 1 fully saturated rings. The lowest BCUT2D eigenvalue weighted by atomic mass is 9.99. The third kappa shape index (κ3) is 6.14. The van der Waals surface area contributed by atoms with Gasteiger partial charge in [-0.1, -0.05) is 60.7 Å². The number of anilines is 1. The molecule has 2 N–H and O–H groups in total. The predicted octanol–water partition coefficient (Wildman–Crippen LogP) is 5.05. The number of rotatable bonds is 7. The van der Waals surface area contributed by atoms with Gasteiger partial charge in [0.25, 0.3) is 5.91 Å². The Bertz CT molecular complexity index is 1440. The maximum absolute atomic E-state index is 13.5. The van der Waals surface area contributed by atoms with E-state index < -0.39 is 11.4 Å². The molecule has 0 aliphatic carbocycles. The van der Waals surface area contributed by atoms with Gasteiger partial charge in [0, 0.05) is 24.6 Å². The Kier molecular flexibility index (Phi) is 7.40. The van der Waals surface area contributed by atoms with E-state index in [1.807, 2.05) is 48.5 Å². The Morgan fingerprint density at radius 1 is 0.974 bits per heavy atom. The van der Waals surface area contributed by atoms with Crippen LogP contribution in [0.15, 0.2) is 84.9 Å². The maximum atomic E-state index is 13.5. The Labute approximate surface area is 226 Å². The van der Waals surface area contributed by atoms with E-state index in [4.69, 9.17) is 0 Å². The standard InChI is InChI=1S/C30H31FN6O2/c1-30(2,34-29(39)36-18-17-24(20-36)22-11-7-4-8-12-22)27(38)33-28-32-26(23-13-15-25(31)16-14-23)37(35-28)19-21-9-5-3-6-10-21/h3-16,24H,17-20H2,1-2H3,(H,34,39)(H,33,35,38)/t24-/m0/s1. The molecule has 1 saturated heterocycles. The largest absolute Gasteiger partial charge is 0.324 e. The van der Waals surface area contributed by atoms with Crippen molar-refractivity contribution in [3.8, 4) is 11.4 Å². The van der Waals surface area contributed by atoms with Crippen LogP contribution in [-0.4, -0.2) is 50.2 Å². The molecule has 3 aromatic carbocycles. The SMILES string of the molecule is CC(C)(NC(=O)N1CC[C@H](c2ccccc2)C1)C(=O)Nc1nc(-c2ccc(F)cc2)n(Cc2ccccc2)n1. The number of likely N-dealkylation sites (tertiary alicyclic amines) is 1. The quantitative estimate of drug-likeness (QED) is 0.353. The van der Waals surface area contributed by atoms with Crippen LogP contribution in [0.25, 0.3) is 11.4 Å². The fourth-order valence-electron chi connectivity index (χ4n) is 4.68. The average Bonchev–Trinajstić information content (AvgIpc) is 3.58. The van der Waals surface area contributed by atoms with Crippen molar-refractivity contribution < 1.29 is 14.0 Å². The zero-order valence-electron chi connectivity index (χ0n) is 22.0. The summed E-state index contributed by atoms with van der Waals surface area (Å²) in [5.74, 6) is 0.0589. The molecular formula is C30H31FN6O2. The number of urea groups is 1. The summed E-state index contributed by atoms with van der Waals surface area (Å²) in [7, 11) is 0. The molecule has 39 heavy (non-hydrogen) atoms. The number of carbonyl (C=O) groups is 2. The lowest BCUT2D eigenvalue weighted by Crippen LogP contribution is -2.55. The van der Waals surface area contributed by atoms with Crippen LogP contribution in [0.1, 0.15) is 37.3 Å². The van der Waals surface area contributed by atoms with Crippen LogP contribution in [0, 0.1) is 5.82 Å². The van der Waals surface area contributed by atoms with Gasteiger partial charge in [-0.2, -0.15) is 4.98 Å². The predicted molar refractivity (Wildman–Crippen MR) is 148 cm³/mol. The van der Waals surface area contributed by atoms with Gasteiger partial charge in [-0.15, -0.1) is 5.10 Å². The van der Waals surface area contributed by atoms with Crippen molar-refractivity contribution in [2.45, 2.75) is 38.3 Å². The monoisotopic (exact) mass is 526 g/mol. The zero-order valence-corrected chi connectivity index (χ0v) is 22.0. The number of carbonyl (C=O) groups excluding carboxylic acids is 2. The topological polar surface area (TPSA) is 92.2 Å².